The molecule has 1 aliphatic rings. The third kappa shape index (κ3) is 3.02. The molecule has 1 heterocycles. The van der Waals surface area contributed by atoms with Crippen molar-refractivity contribution >= 4 is 27.5 Å². The molecule has 0 spiro atoms. The monoisotopic (exact) mass is 350 g/mol. The number of hydrogen-bond donors (Lipinski definition) is 0. The van der Waals surface area contributed by atoms with Gasteiger partial charge in [-0.05, 0) is 48.2 Å². The minimum Gasteiger partial charge on any atom is -0.490 e. The third-order valence-electron chi connectivity index (χ3n) is 3.61. The summed E-state index contributed by atoms with van der Waals surface area (Å²) in [6, 6.07) is 14.6. The maximum absolute atomic E-state index is 6.57. The summed E-state index contributed by atoms with van der Waals surface area (Å²) in [5.41, 5.74) is 3.70. The molecule has 2 aromatic carbocycles. The predicted molar refractivity (Wildman–Crippen MR) is 86.7 cm³/mol. The van der Waals surface area contributed by atoms with Gasteiger partial charge in [-0.2, -0.15) is 0 Å². The number of hydrogen-bond acceptors (Lipinski definition) is 1. The summed E-state index contributed by atoms with van der Waals surface area (Å²) < 4.78 is 6.82. The number of rotatable bonds is 3. The van der Waals surface area contributed by atoms with Crippen LogP contribution in [-0.4, -0.2) is 6.10 Å². The van der Waals surface area contributed by atoms with Crippen LogP contribution >= 0.6 is 27.5 Å². The Morgan fingerprint density at radius 3 is 2.75 bits per heavy atom. The van der Waals surface area contributed by atoms with Crippen LogP contribution in [0.4, 0.5) is 0 Å². The molecule has 0 aliphatic carbocycles. The van der Waals surface area contributed by atoms with Crippen LogP contribution in [0.5, 0.6) is 5.75 Å². The minimum absolute atomic E-state index is 0.00242. The van der Waals surface area contributed by atoms with Crippen LogP contribution in [0.3, 0.4) is 0 Å². The zero-order chi connectivity index (χ0) is 14.1. The van der Waals surface area contributed by atoms with Crippen molar-refractivity contribution in [3.8, 4) is 5.75 Å². The summed E-state index contributed by atoms with van der Waals surface area (Å²) in [7, 11) is 0. The van der Waals surface area contributed by atoms with Crippen molar-refractivity contribution in [3.05, 3.63) is 63.6 Å². The van der Waals surface area contributed by atoms with Crippen molar-refractivity contribution in [1.29, 1.82) is 0 Å². The Hall–Kier alpha value is -0.990. The van der Waals surface area contributed by atoms with E-state index in [0.717, 1.165) is 23.1 Å². The van der Waals surface area contributed by atoms with E-state index in [1.165, 1.54) is 16.7 Å². The van der Waals surface area contributed by atoms with E-state index in [4.69, 9.17) is 16.3 Å². The molecule has 2 atom stereocenters. The van der Waals surface area contributed by atoms with E-state index in [0.29, 0.717) is 0 Å². The first kappa shape index (κ1) is 14.0. The molecular weight excluding hydrogens is 336 g/mol. The SMILES string of the molecule is CC1Cc2cc(C(Cl)Cc3ccc(Br)cc3)ccc2O1. The summed E-state index contributed by atoms with van der Waals surface area (Å²) >= 11 is 10.0. The van der Waals surface area contributed by atoms with E-state index in [9.17, 15) is 0 Å². The van der Waals surface area contributed by atoms with Gasteiger partial charge >= 0.3 is 0 Å². The first-order valence-corrected chi connectivity index (χ1v) is 8.03. The molecule has 0 saturated heterocycles. The van der Waals surface area contributed by atoms with Gasteiger partial charge in [0.1, 0.15) is 11.9 Å². The molecule has 0 fully saturated rings. The minimum atomic E-state index is -0.00242. The number of benzene rings is 2. The smallest absolute Gasteiger partial charge is 0.123 e. The molecule has 0 radical (unpaired) electrons. The van der Waals surface area contributed by atoms with Gasteiger partial charge in [0.05, 0.1) is 5.38 Å². The molecule has 104 valence electrons. The molecule has 0 saturated carbocycles. The number of halogens is 2. The van der Waals surface area contributed by atoms with Crippen molar-refractivity contribution in [2.24, 2.45) is 0 Å². The van der Waals surface area contributed by atoms with Gasteiger partial charge in [0.15, 0.2) is 0 Å². The topological polar surface area (TPSA) is 9.23 Å². The van der Waals surface area contributed by atoms with Crippen molar-refractivity contribution in [2.45, 2.75) is 31.2 Å². The van der Waals surface area contributed by atoms with Crippen LogP contribution in [0.1, 0.15) is 29.0 Å². The lowest BCUT2D eigenvalue weighted by Gasteiger charge is -2.11. The fraction of sp³-hybridized carbons (Fsp3) is 0.294. The van der Waals surface area contributed by atoms with Crippen LogP contribution in [0.2, 0.25) is 0 Å². The number of fused-ring (bicyclic) bond motifs is 1. The van der Waals surface area contributed by atoms with E-state index in [-0.39, 0.29) is 11.5 Å². The van der Waals surface area contributed by atoms with E-state index in [2.05, 4.69) is 59.3 Å². The second kappa shape index (κ2) is 5.79. The summed E-state index contributed by atoms with van der Waals surface area (Å²) in [6.07, 6.45) is 2.09. The van der Waals surface area contributed by atoms with Crippen LogP contribution in [-0.2, 0) is 12.8 Å². The number of ether oxygens (including phenoxy) is 1. The quantitative estimate of drug-likeness (QED) is 0.682. The summed E-state index contributed by atoms with van der Waals surface area (Å²) in [5.74, 6) is 1.01. The predicted octanol–water partition coefficient (Wildman–Crippen LogP) is 5.30. The Morgan fingerprint density at radius 2 is 2.00 bits per heavy atom. The fourth-order valence-corrected chi connectivity index (χ4v) is 3.16. The molecule has 1 aliphatic heterocycles. The Morgan fingerprint density at radius 1 is 1.25 bits per heavy atom. The van der Waals surface area contributed by atoms with Gasteiger partial charge in [0.2, 0.25) is 0 Å². The van der Waals surface area contributed by atoms with E-state index in [1.54, 1.807) is 0 Å². The Bertz CT molecular complexity index is 609. The Labute approximate surface area is 133 Å². The largest absolute Gasteiger partial charge is 0.490 e. The van der Waals surface area contributed by atoms with Crippen LogP contribution in [0.15, 0.2) is 46.9 Å². The average Bonchev–Trinajstić information content (AvgIpc) is 2.80. The average molecular weight is 352 g/mol. The molecule has 2 unspecified atom stereocenters. The van der Waals surface area contributed by atoms with Crippen molar-refractivity contribution < 1.29 is 4.74 Å². The molecule has 3 rings (SSSR count). The molecule has 0 bridgehead atoms. The van der Waals surface area contributed by atoms with Gasteiger partial charge in [0, 0.05) is 10.9 Å². The van der Waals surface area contributed by atoms with Crippen molar-refractivity contribution in [2.75, 3.05) is 0 Å². The lowest BCUT2D eigenvalue weighted by atomic mass is 10.0. The Kier molecular flexibility index (Phi) is 4.04. The molecule has 2 aromatic rings. The zero-order valence-corrected chi connectivity index (χ0v) is 13.6. The van der Waals surface area contributed by atoms with Gasteiger partial charge in [-0.3, -0.25) is 0 Å². The van der Waals surface area contributed by atoms with Crippen LogP contribution in [0.25, 0.3) is 0 Å². The first-order valence-electron chi connectivity index (χ1n) is 6.80. The van der Waals surface area contributed by atoms with Gasteiger partial charge in [-0.1, -0.05) is 40.2 Å². The normalized spacial score (nSPS) is 18.4. The fourth-order valence-electron chi connectivity index (χ4n) is 2.58. The lowest BCUT2D eigenvalue weighted by molar-refractivity contribution is 0.254. The highest BCUT2D eigenvalue weighted by Gasteiger charge is 2.20. The highest BCUT2D eigenvalue weighted by atomic mass is 79.9. The second-order valence-corrected chi connectivity index (χ2v) is 6.74. The molecule has 1 nitrogen and oxygen atoms in total. The van der Waals surface area contributed by atoms with E-state index < -0.39 is 0 Å². The van der Waals surface area contributed by atoms with Crippen molar-refractivity contribution in [1.82, 2.24) is 0 Å². The molecule has 0 N–H and O–H groups in total. The molecule has 20 heavy (non-hydrogen) atoms. The highest BCUT2D eigenvalue weighted by molar-refractivity contribution is 9.10. The van der Waals surface area contributed by atoms with Gasteiger partial charge in [0.25, 0.3) is 0 Å². The van der Waals surface area contributed by atoms with Crippen LogP contribution < -0.4 is 4.74 Å². The van der Waals surface area contributed by atoms with Crippen LogP contribution in [0, 0.1) is 0 Å². The molecular formula is C17H16BrClO. The van der Waals surface area contributed by atoms with E-state index >= 15 is 0 Å². The van der Waals surface area contributed by atoms with Gasteiger partial charge < -0.3 is 4.74 Å². The third-order valence-corrected chi connectivity index (χ3v) is 4.54. The second-order valence-electron chi connectivity index (χ2n) is 5.30. The maximum atomic E-state index is 6.57. The first-order chi connectivity index (χ1) is 9.61. The Balaban J connectivity index is 1.76. The van der Waals surface area contributed by atoms with Gasteiger partial charge in [-0.25, -0.2) is 0 Å². The summed E-state index contributed by atoms with van der Waals surface area (Å²) in [5, 5.41) is -0.00242. The summed E-state index contributed by atoms with van der Waals surface area (Å²) in [4.78, 5) is 0. The van der Waals surface area contributed by atoms with Gasteiger partial charge in [-0.15, -0.1) is 11.6 Å². The molecule has 0 aromatic heterocycles. The van der Waals surface area contributed by atoms with E-state index in [1.807, 2.05) is 6.07 Å². The standard InChI is InChI=1S/C17H16BrClO/c1-11-8-14-10-13(4-7-17(14)20-11)16(19)9-12-2-5-15(18)6-3-12/h2-7,10-11,16H,8-9H2,1H3. The summed E-state index contributed by atoms with van der Waals surface area (Å²) in [6.45, 7) is 2.10. The van der Waals surface area contributed by atoms with Crippen molar-refractivity contribution in [3.63, 3.8) is 0 Å². The maximum Gasteiger partial charge on any atom is 0.123 e. The molecule has 0 amide bonds. The molecule has 3 heteroatoms. The highest BCUT2D eigenvalue weighted by Crippen LogP contribution is 2.34. The number of alkyl halides is 1. The zero-order valence-electron chi connectivity index (χ0n) is 11.3. The lowest BCUT2D eigenvalue weighted by Crippen LogP contribution is -2.05.